The van der Waals surface area contributed by atoms with E-state index >= 15 is 0 Å². The fourth-order valence-electron chi connectivity index (χ4n) is 4.50. The van der Waals surface area contributed by atoms with Gasteiger partial charge in [0.15, 0.2) is 0 Å². The summed E-state index contributed by atoms with van der Waals surface area (Å²) in [5.41, 5.74) is 5.37. The van der Waals surface area contributed by atoms with Crippen LogP contribution in [0.1, 0.15) is 48.8 Å². The summed E-state index contributed by atoms with van der Waals surface area (Å²) in [5.74, 6) is -1.98. The lowest BCUT2D eigenvalue weighted by molar-refractivity contribution is -0.142. The van der Waals surface area contributed by atoms with Gasteiger partial charge in [0.25, 0.3) is 5.91 Å². The van der Waals surface area contributed by atoms with E-state index in [1.165, 1.54) is 23.5 Å². The largest absolute Gasteiger partial charge is 0.364 e. The lowest BCUT2D eigenvalue weighted by Gasteiger charge is -2.45. The van der Waals surface area contributed by atoms with Crippen LogP contribution in [0, 0.1) is 23.0 Å². The number of anilines is 1. The van der Waals surface area contributed by atoms with Crippen LogP contribution in [-0.2, 0) is 4.79 Å². The number of hydrazone groups is 1. The quantitative estimate of drug-likeness (QED) is 0.784. The zero-order chi connectivity index (χ0) is 23.0. The van der Waals surface area contributed by atoms with E-state index in [0.717, 1.165) is 6.07 Å². The van der Waals surface area contributed by atoms with E-state index in [2.05, 4.69) is 15.1 Å². The fraction of sp³-hybridized carbons (Fsp3) is 0.409. The van der Waals surface area contributed by atoms with Crippen LogP contribution in [-0.4, -0.2) is 46.1 Å². The molecule has 2 atom stereocenters. The molecule has 1 fully saturated rings. The number of primary amides is 1. The van der Waals surface area contributed by atoms with Crippen molar-refractivity contribution < 1.29 is 18.4 Å². The highest BCUT2D eigenvalue weighted by Crippen LogP contribution is 2.40. The molecule has 32 heavy (non-hydrogen) atoms. The van der Waals surface area contributed by atoms with Crippen LogP contribution >= 0.6 is 0 Å². The minimum Gasteiger partial charge on any atom is -0.364 e. The smallest absolute Gasteiger partial charge is 0.267 e. The van der Waals surface area contributed by atoms with Crippen molar-refractivity contribution >= 4 is 23.8 Å². The van der Waals surface area contributed by atoms with Gasteiger partial charge in [-0.2, -0.15) is 5.10 Å². The van der Waals surface area contributed by atoms with Crippen LogP contribution in [0.25, 0.3) is 0 Å². The van der Waals surface area contributed by atoms with E-state index in [1.807, 2.05) is 18.7 Å². The Balaban J connectivity index is 1.53. The normalized spacial score (nSPS) is 22.2. The van der Waals surface area contributed by atoms with Gasteiger partial charge in [-0.05, 0) is 29.5 Å². The van der Waals surface area contributed by atoms with Crippen molar-refractivity contribution in [2.24, 2.45) is 22.2 Å². The molecule has 2 amide bonds. The van der Waals surface area contributed by atoms with Crippen molar-refractivity contribution in [3.63, 3.8) is 0 Å². The summed E-state index contributed by atoms with van der Waals surface area (Å²) < 4.78 is 27.5. The van der Waals surface area contributed by atoms with E-state index < -0.39 is 29.0 Å². The number of halogens is 2. The highest BCUT2D eigenvalue weighted by Gasteiger charge is 2.44. The van der Waals surface area contributed by atoms with Gasteiger partial charge in [-0.1, -0.05) is 13.8 Å². The Morgan fingerprint density at radius 2 is 1.84 bits per heavy atom. The second kappa shape index (κ2) is 8.25. The number of benzene rings is 1. The molecule has 0 spiro atoms. The molecule has 0 radical (unpaired) electrons. The van der Waals surface area contributed by atoms with E-state index in [-0.39, 0.29) is 17.5 Å². The number of nitrogens with zero attached hydrogens (tertiary/aromatic N) is 5. The zero-order valence-corrected chi connectivity index (χ0v) is 17.8. The van der Waals surface area contributed by atoms with Crippen molar-refractivity contribution in [1.29, 1.82) is 0 Å². The summed E-state index contributed by atoms with van der Waals surface area (Å²) in [6.07, 6.45) is 3.81. The predicted octanol–water partition coefficient (Wildman–Crippen LogP) is 2.67. The van der Waals surface area contributed by atoms with E-state index in [1.54, 1.807) is 12.3 Å². The van der Waals surface area contributed by atoms with Crippen LogP contribution in [0.15, 0.2) is 35.7 Å². The number of nitrogens with two attached hydrogens (primary N) is 1. The summed E-state index contributed by atoms with van der Waals surface area (Å²) in [6.45, 7) is 5.00. The van der Waals surface area contributed by atoms with Gasteiger partial charge >= 0.3 is 0 Å². The van der Waals surface area contributed by atoms with Gasteiger partial charge in [-0.15, -0.1) is 0 Å². The first-order valence-corrected chi connectivity index (χ1v) is 10.3. The molecule has 1 aromatic carbocycles. The van der Waals surface area contributed by atoms with Gasteiger partial charge in [0.1, 0.15) is 29.5 Å². The molecule has 1 aromatic heterocycles. The maximum absolute atomic E-state index is 13.7. The summed E-state index contributed by atoms with van der Waals surface area (Å²) in [5, 5.41) is 5.58. The average molecular weight is 442 g/mol. The Morgan fingerprint density at radius 1 is 1.12 bits per heavy atom. The number of piperidine rings is 1. The summed E-state index contributed by atoms with van der Waals surface area (Å²) in [6, 6.07) is 4.28. The van der Waals surface area contributed by atoms with Crippen molar-refractivity contribution in [3.8, 4) is 0 Å². The minimum absolute atomic E-state index is 0.127. The second-order valence-corrected chi connectivity index (χ2v) is 8.81. The molecule has 8 nitrogen and oxygen atoms in total. The Labute approximate surface area is 184 Å². The molecule has 168 valence electrons. The fourth-order valence-corrected chi connectivity index (χ4v) is 4.50. The number of carbonyl (C=O) groups excluding carboxylic acids is 2. The lowest BCUT2D eigenvalue weighted by atomic mass is 9.73. The average Bonchev–Trinajstić information content (AvgIpc) is 3.22. The number of rotatable bonds is 4. The summed E-state index contributed by atoms with van der Waals surface area (Å²) in [4.78, 5) is 35.0. The molecule has 2 N–H and O–H groups in total. The van der Waals surface area contributed by atoms with Gasteiger partial charge in [-0.3, -0.25) is 9.59 Å². The molecular weight excluding hydrogens is 418 g/mol. The van der Waals surface area contributed by atoms with Gasteiger partial charge in [-0.25, -0.2) is 23.8 Å². The number of hydrogen-bond donors (Lipinski definition) is 1. The molecule has 4 rings (SSSR count). The molecule has 3 heterocycles. The third-order valence-electron chi connectivity index (χ3n) is 6.08. The molecule has 0 unspecified atom stereocenters. The second-order valence-electron chi connectivity index (χ2n) is 8.81. The summed E-state index contributed by atoms with van der Waals surface area (Å²) >= 11 is 0. The standard InChI is InChI=1S/C22H24F2N6O2/c1-22(2)11-29(19-10-17(20(25)31)26-12-27-19)6-4-16(22)21(32)30-18(3-5-28-30)13-7-14(23)9-15(24)8-13/h5,7-10,12,16,18H,3-4,6,11H2,1-2H3,(H2,25,31)/t16-,18-/m1/s1. The third kappa shape index (κ3) is 4.17. The van der Waals surface area contributed by atoms with Gasteiger partial charge in [0.2, 0.25) is 5.91 Å². The topological polar surface area (TPSA) is 105 Å². The van der Waals surface area contributed by atoms with E-state index in [0.29, 0.717) is 37.3 Å². The number of carbonyl (C=O) groups is 2. The highest BCUT2D eigenvalue weighted by atomic mass is 19.1. The number of hydrogen-bond acceptors (Lipinski definition) is 6. The molecule has 2 aromatic rings. The van der Waals surface area contributed by atoms with Crippen LogP contribution in [0.5, 0.6) is 0 Å². The first kappa shape index (κ1) is 21.8. The predicted molar refractivity (Wildman–Crippen MR) is 114 cm³/mol. The van der Waals surface area contributed by atoms with E-state index in [9.17, 15) is 18.4 Å². The SMILES string of the molecule is CC1(C)CN(c2cc(C(N)=O)ncn2)CC[C@@H]1C(=O)N1N=CC[C@@H]1c1cc(F)cc(F)c1. The first-order chi connectivity index (χ1) is 15.2. The molecule has 0 aliphatic carbocycles. The Hall–Kier alpha value is -3.43. The van der Waals surface area contributed by atoms with Crippen molar-refractivity contribution in [3.05, 3.63) is 53.5 Å². The molecular formula is C22H24F2N6O2. The summed E-state index contributed by atoms with van der Waals surface area (Å²) in [7, 11) is 0. The monoisotopic (exact) mass is 442 g/mol. The highest BCUT2D eigenvalue weighted by molar-refractivity contribution is 5.91. The molecule has 1 saturated heterocycles. The van der Waals surface area contributed by atoms with Gasteiger partial charge in [0.05, 0.1) is 6.04 Å². The van der Waals surface area contributed by atoms with Crippen LogP contribution in [0.4, 0.5) is 14.6 Å². The van der Waals surface area contributed by atoms with Crippen LogP contribution in [0.2, 0.25) is 0 Å². The van der Waals surface area contributed by atoms with Gasteiger partial charge in [0, 0.05) is 43.8 Å². The van der Waals surface area contributed by atoms with Crippen LogP contribution < -0.4 is 10.6 Å². The zero-order valence-electron chi connectivity index (χ0n) is 17.8. The van der Waals surface area contributed by atoms with Gasteiger partial charge < -0.3 is 10.6 Å². The van der Waals surface area contributed by atoms with Crippen molar-refractivity contribution in [1.82, 2.24) is 15.0 Å². The molecule has 0 bridgehead atoms. The lowest BCUT2D eigenvalue weighted by Crippen LogP contribution is -2.51. The Morgan fingerprint density at radius 3 is 2.50 bits per heavy atom. The maximum atomic E-state index is 13.7. The van der Waals surface area contributed by atoms with Crippen LogP contribution in [0.3, 0.4) is 0 Å². The maximum Gasteiger partial charge on any atom is 0.267 e. The molecule has 2 aliphatic heterocycles. The first-order valence-electron chi connectivity index (χ1n) is 10.3. The Bertz CT molecular complexity index is 1070. The number of aromatic nitrogens is 2. The molecule has 10 heteroatoms. The molecule has 0 saturated carbocycles. The van der Waals surface area contributed by atoms with E-state index in [4.69, 9.17) is 5.73 Å². The minimum atomic E-state index is -0.687. The third-order valence-corrected chi connectivity index (χ3v) is 6.08. The Kier molecular flexibility index (Phi) is 5.62. The number of amides is 2. The van der Waals surface area contributed by atoms with Crippen molar-refractivity contribution in [2.75, 3.05) is 18.0 Å². The molecule has 2 aliphatic rings. The van der Waals surface area contributed by atoms with Crippen molar-refractivity contribution in [2.45, 2.75) is 32.7 Å².